The molecule has 0 saturated carbocycles. The van der Waals surface area contributed by atoms with Gasteiger partial charge >= 0.3 is 51.8 Å². The second-order valence-corrected chi connectivity index (χ2v) is 11.7. The number of non-ortho nitro benzene ring substituents is 1. The van der Waals surface area contributed by atoms with Crippen LogP contribution in [0.1, 0.15) is 25.1 Å². The van der Waals surface area contributed by atoms with Crippen LogP contribution in [0, 0.1) is 10.1 Å². The van der Waals surface area contributed by atoms with Crippen molar-refractivity contribution >= 4 is 109 Å². The first-order chi connectivity index (χ1) is 21.0. The van der Waals surface area contributed by atoms with E-state index in [2.05, 4.69) is 25.5 Å². The van der Waals surface area contributed by atoms with Crippen LogP contribution in [0.15, 0.2) is 34.8 Å². The maximum atomic E-state index is 13.3. The summed E-state index contributed by atoms with van der Waals surface area (Å²) in [5.74, 6) is -5.97. The van der Waals surface area contributed by atoms with Gasteiger partial charge in [-0.25, -0.2) is 14.6 Å². The second kappa shape index (κ2) is 15.7. The summed E-state index contributed by atoms with van der Waals surface area (Å²) in [6.45, 7) is 2.15. The zero-order valence-electron chi connectivity index (χ0n) is 23.3. The van der Waals surface area contributed by atoms with Crippen molar-refractivity contribution in [3.63, 3.8) is 0 Å². The average molecular weight is 715 g/mol. The Morgan fingerprint density at radius 1 is 1.24 bits per heavy atom. The molecule has 1 aromatic carbocycles. The monoisotopic (exact) mass is 714 g/mol. The third-order valence-electron chi connectivity index (χ3n) is 5.73. The van der Waals surface area contributed by atoms with E-state index in [0.717, 1.165) is 18.4 Å². The summed E-state index contributed by atoms with van der Waals surface area (Å²) < 4.78 is 42.0. The fourth-order valence-electron chi connectivity index (χ4n) is 3.45. The Balaban J connectivity index is 0.00000736. The topological polar surface area (TPSA) is 263 Å². The zero-order chi connectivity index (χ0) is 33.7. The molecule has 1 aliphatic rings. The van der Waals surface area contributed by atoms with Gasteiger partial charge in [0.1, 0.15) is 24.2 Å². The van der Waals surface area contributed by atoms with E-state index < -0.39 is 74.2 Å². The van der Waals surface area contributed by atoms with Gasteiger partial charge in [0.2, 0.25) is 11.5 Å². The van der Waals surface area contributed by atoms with Gasteiger partial charge in [0.25, 0.3) is 17.5 Å². The minimum absolute atomic E-state index is 0. The van der Waals surface area contributed by atoms with Gasteiger partial charge in [-0.05, 0) is 31.5 Å². The van der Waals surface area contributed by atoms with Crippen molar-refractivity contribution in [2.75, 3.05) is 18.3 Å². The van der Waals surface area contributed by atoms with Crippen LogP contribution in [0.2, 0.25) is 0 Å². The normalized spacial score (nSPS) is 16.3. The van der Waals surface area contributed by atoms with E-state index in [0.29, 0.717) is 5.56 Å². The number of ether oxygens (including phenoxy) is 2. The maximum absolute atomic E-state index is 13.3. The first-order valence-corrected chi connectivity index (χ1v) is 15.0. The number of anilines is 1. The fourth-order valence-corrected chi connectivity index (χ4v) is 5.07. The van der Waals surface area contributed by atoms with Gasteiger partial charge in [0, 0.05) is 17.5 Å². The Labute approximate surface area is 290 Å². The van der Waals surface area contributed by atoms with E-state index in [9.17, 15) is 47.1 Å². The second-order valence-electron chi connectivity index (χ2n) is 9.29. The Bertz CT molecular complexity index is 1670. The molecular formula is C23H24ClN6NaO13S2. The number of nitro groups is 1. The van der Waals surface area contributed by atoms with Crippen LogP contribution in [0.4, 0.5) is 10.8 Å². The number of halogens is 1. The van der Waals surface area contributed by atoms with Gasteiger partial charge in [-0.2, -0.15) is 12.7 Å². The molecule has 2 unspecified atom stereocenters. The van der Waals surface area contributed by atoms with Crippen molar-refractivity contribution in [2.24, 2.45) is 5.16 Å². The molecule has 244 valence electrons. The summed E-state index contributed by atoms with van der Waals surface area (Å²) in [6.07, 6.45) is 0. The van der Waals surface area contributed by atoms with E-state index in [1.807, 2.05) is 0 Å². The summed E-state index contributed by atoms with van der Waals surface area (Å²) in [7, 11) is -4.33. The third-order valence-corrected chi connectivity index (χ3v) is 7.64. The van der Waals surface area contributed by atoms with Crippen molar-refractivity contribution < 1.29 is 56.2 Å². The Hall–Kier alpha value is -3.73. The number of aromatic nitrogens is 1. The van der Waals surface area contributed by atoms with Crippen LogP contribution < -0.4 is 10.6 Å². The number of hydrogen-bond acceptors (Lipinski definition) is 15. The summed E-state index contributed by atoms with van der Waals surface area (Å²) in [5.41, 5.74) is -2.60. The molecule has 1 aliphatic heterocycles. The molecule has 3 amide bonds. The quantitative estimate of drug-likeness (QED) is 0.0345. The Morgan fingerprint density at radius 2 is 1.87 bits per heavy atom. The van der Waals surface area contributed by atoms with Crippen molar-refractivity contribution in [2.45, 2.75) is 38.1 Å². The average Bonchev–Trinajstić information content (AvgIpc) is 3.43. The molecule has 1 saturated heterocycles. The summed E-state index contributed by atoms with van der Waals surface area (Å²) in [6, 6.07) is 1.36. The van der Waals surface area contributed by atoms with Gasteiger partial charge in [-0.15, -0.1) is 22.9 Å². The van der Waals surface area contributed by atoms with E-state index in [4.69, 9.17) is 21.2 Å². The van der Waals surface area contributed by atoms with Gasteiger partial charge in [-0.1, -0.05) is 5.16 Å². The van der Waals surface area contributed by atoms with Crippen LogP contribution in [-0.2, 0) is 55.2 Å². The minimum atomic E-state index is -5.21. The van der Waals surface area contributed by atoms with E-state index in [-0.39, 0.29) is 57.0 Å². The number of nitrogens with one attached hydrogen (secondary N) is 2. The molecule has 3 N–H and O–H groups in total. The molecule has 46 heavy (non-hydrogen) atoms. The van der Waals surface area contributed by atoms with Gasteiger partial charge in [0.05, 0.1) is 12.0 Å². The number of alkyl halides is 1. The third kappa shape index (κ3) is 9.18. The molecule has 0 radical (unpaired) electrons. The number of methoxy groups -OCH3 is 1. The van der Waals surface area contributed by atoms with Crippen molar-refractivity contribution in [1.29, 1.82) is 0 Å². The number of hydrogen-bond donors (Lipinski definition) is 3. The molecule has 0 spiro atoms. The standard InChI is InChI=1S/C23H23ClN6O13S2.Na.H/c1-23(2,21(35)42-9-11-4-6-12(7-5-11)30(36)37)43-28-15(13-10-44-22(25-13)26-14(31)8-24)18(32)27-16-17(20(34)41-3)29(19(16)33)45(38,39)40;;/h4-7,10,16-17H,8-9H2,1-3H3,(H,27,32)(H,25,26,31)(H,38,39,40);;/b28-15+;;. The molecule has 1 fully saturated rings. The van der Waals surface area contributed by atoms with Crippen LogP contribution in [0.3, 0.4) is 0 Å². The summed E-state index contributed by atoms with van der Waals surface area (Å²) >= 11 is 6.30. The number of esters is 2. The predicted octanol–water partition coefficient (Wildman–Crippen LogP) is -0.506. The van der Waals surface area contributed by atoms with Crippen molar-refractivity contribution in [3.8, 4) is 0 Å². The SMILES string of the molecule is COC(=O)C1C(NC(=O)/C(=N/OC(C)(C)C(=O)OCc2ccc([N+](=O)[O-])cc2)c2csc(NC(=O)CCl)n2)C(=O)N1S(=O)(=O)O.[NaH]. The molecule has 1 aromatic heterocycles. The first-order valence-electron chi connectivity index (χ1n) is 12.2. The number of amides is 3. The summed E-state index contributed by atoms with van der Waals surface area (Å²) in [5, 5.41) is 20.2. The number of carbonyl (C=O) groups is 5. The summed E-state index contributed by atoms with van der Waals surface area (Å²) in [4.78, 5) is 81.9. The van der Waals surface area contributed by atoms with Crippen LogP contribution in [0.25, 0.3) is 0 Å². The zero-order valence-corrected chi connectivity index (χ0v) is 25.7. The van der Waals surface area contributed by atoms with E-state index in [1.165, 1.54) is 43.5 Å². The van der Waals surface area contributed by atoms with E-state index in [1.54, 1.807) is 0 Å². The fraction of sp³-hybridized carbons (Fsp3) is 0.348. The number of nitro benzene ring substituents is 1. The molecule has 23 heteroatoms. The van der Waals surface area contributed by atoms with Gasteiger partial charge in [0.15, 0.2) is 16.9 Å². The Morgan fingerprint density at radius 3 is 2.41 bits per heavy atom. The van der Waals surface area contributed by atoms with Crippen molar-refractivity contribution in [3.05, 3.63) is 51.0 Å². The number of benzene rings is 1. The predicted molar refractivity (Wildman–Crippen MR) is 159 cm³/mol. The molecule has 2 atom stereocenters. The molecule has 19 nitrogen and oxygen atoms in total. The molecule has 2 heterocycles. The van der Waals surface area contributed by atoms with Gasteiger partial charge < -0.3 is 24.9 Å². The molecule has 2 aromatic rings. The number of carbonyl (C=O) groups excluding carboxylic acids is 5. The Kier molecular flexibility index (Phi) is 13.1. The van der Waals surface area contributed by atoms with Gasteiger partial charge in [-0.3, -0.25) is 29.1 Å². The first kappa shape index (κ1) is 38.5. The van der Waals surface area contributed by atoms with Crippen molar-refractivity contribution in [1.82, 2.24) is 14.6 Å². The molecule has 3 rings (SSSR count). The number of β-lactam (4-membered cyclic amide) rings is 1. The molecular weight excluding hydrogens is 691 g/mol. The number of thiazole rings is 1. The van der Waals surface area contributed by atoms with E-state index >= 15 is 0 Å². The number of oxime groups is 1. The number of rotatable bonds is 13. The van der Waals surface area contributed by atoms with Crippen LogP contribution >= 0.6 is 22.9 Å². The molecule has 0 bridgehead atoms. The molecule has 0 aliphatic carbocycles. The van der Waals surface area contributed by atoms with Crippen LogP contribution in [-0.4, -0.2) is 123 Å². The number of nitrogens with zero attached hydrogens (tertiary/aromatic N) is 4. The van der Waals surface area contributed by atoms with Crippen LogP contribution in [0.5, 0.6) is 0 Å².